The lowest BCUT2D eigenvalue weighted by Crippen LogP contribution is -2.46. The van der Waals surface area contributed by atoms with Crippen LogP contribution in [-0.4, -0.2) is 29.1 Å². The smallest absolute Gasteiger partial charge is 0.321 e. The molecule has 2 N–H and O–H groups in total. The minimum atomic E-state index is -0.887. The molecule has 1 aliphatic rings. The predicted octanol–water partition coefficient (Wildman–Crippen LogP) is 4.82. The number of nitrogens with zero attached hydrogens (tertiary/aromatic N) is 1. The largest absolute Gasteiger partial charge is 0.385 e. The first-order valence-corrected chi connectivity index (χ1v) is 8.93. The number of benzene rings is 2. The lowest BCUT2D eigenvalue weighted by atomic mass is 9.84. The number of anilines is 1. The van der Waals surface area contributed by atoms with E-state index in [1.165, 1.54) is 0 Å². The highest BCUT2D eigenvalue weighted by molar-refractivity contribution is 6.35. The third-order valence-corrected chi connectivity index (χ3v) is 4.98. The molecule has 6 heteroatoms. The van der Waals surface area contributed by atoms with Crippen LogP contribution in [0.3, 0.4) is 0 Å². The Balaban J connectivity index is 1.64. The minimum absolute atomic E-state index is 0.218. The van der Waals surface area contributed by atoms with Crippen LogP contribution >= 0.6 is 23.2 Å². The molecule has 4 nitrogen and oxygen atoms in total. The van der Waals surface area contributed by atoms with Crippen molar-refractivity contribution in [3.63, 3.8) is 0 Å². The van der Waals surface area contributed by atoms with E-state index in [-0.39, 0.29) is 6.03 Å². The van der Waals surface area contributed by atoms with Gasteiger partial charge in [-0.15, -0.1) is 0 Å². The zero-order valence-corrected chi connectivity index (χ0v) is 15.4. The lowest BCUT2D eigenvalue weighted by Gasteiger charge is -2.38. The zero-order valence-electron chi connectivity index (χ0n) is 13.9. The van der Waals surface area contributed by atoms with Gasteiger partial charge in [-0.2, -0.15) is 0 Å². The monoisotopic (exact) mass is 378 g/mol. The van der Waals surface area contributed by atoms with Crippen molar-refractivity contribution in [3.05, 3.63) is 63.6 Å². The second-order valence-corrected chi connectivity index (χ2v) is 7.35. The van der Waals surface area contributed by atoms with E-state index >= 15 is 0 Å². The van der Waals surface area contributed by atoms with E-state index in [9.17, 15) is 9.90 Å². The van der Waals surface area contributed by atoms with Crippen molar-refractivity contribution in [3.8, 4) is 0 Å². The van der Waals surface area contributed by atoms with Gasteiger partial charge in [-0.3, -0.25) is 0 Å². The number of aryl methyl sites for hydroxylation is 1. The van der Waals surface area contributed by atoms with E-state index < -0.39 is 5.60 Å². The van der Waals surface area contributed by atoms with Crippen molar-refractivity contribution < 1.29 is 9.90 Å². The number of carbonyl (C=O) groups excluding carboxylic acids is 1. The maximum absolute atomic E-state index is 12.4. The van der Waals surface area contributed by atoms with Crippen molar-refractivity contribution in [2.75, 3.05) is 18.4 Å². The molecule has 0 radical (unpaired) electrons. The Hall–Kier alpha value is -1.75. The summed E-state index contributed by atoms with van der Waals surface area (Å²) in [5.74, 6) is 0. The first kappa shape index (κ1) is 18.1. The van der Waals surface area contributed by atoms with Gasteiger partial charge in [0.1, 0.15) is 0 Å². The molecule has 1 aliphatic heterocycles. The topological polar surface area (TPSA) is 52.6 Å². The Morgan fingerprint density at radius 2 is 1.76 bits per heavy atom. The molecule has 0 saturated carbocycles. The van der Waals surface area contributed by atoms with Crippen LogP contribution < -0.4 is 5.32 Å². The highest BCUT2D eigenvalue weighted by Gasteiger charge is 2.35. The molecular weight excluding hydrogens is 359 g/mol. The molecule has 3 rings (SSSR count). The Morgan fingerprint density at radius 3 is 2.36 bits per heavy atom. The molecule has 2 aromatic rings. The molecule has 132 valence electrons. The number of piperidine rings is 1. The number of halogens is 2. The summed E-state index contributed by atoms with van der Waals surface area (Å²) in [5.41, 5.74) is 1.70. The standard InChI is InChI=1S/C19H20Cl2N2O2/c1-13-3-2-4-14(9-13)19(25)5-7-23(8-6-19)18(24)22-17-11-15(20)10-16(21)12-17/h2-4,9-12,25H,5-8H2,1H3,(H,22,24). The third kappa shape index (κ3) is 4.27. The van der Waals surface area contributed by atoms with E-state index in [2.05, 4.69) is 5.32 Å². The maximum atomic E-state index is 12.4. The van der Waals surface area contributed by atoms with Crippen molar-refractivity contribution >= 4 is 34.9 Å². The number of rotatable bonds is 2. The van der Waals surface area contributed by atoms with Gasteiger partial charge in [0.15, 0.2) is 0 Å². The third-order valence-electron chi connectivity index (χ3n) is 4.55. The normalized spacial score (nSPS) is 16.6. The Morgan fingerprint density at radius 1 is 1.12 bits per heavy atom. The number of carbonyl (C=O) groups is 1. The van der Waals surface area contributed by atoms with E-state index in [0.29, 0.717) is 41.7 Å². The van der Waals surface area contributed by atoms with Crippen molar-refractivity contribution in [2.45, 2.75) is 25.4 Å². The van der Waals surface area contributed by atoms with Gasteiger partial charge in [-0.1, -0.05) is 53.0 Å². The molecule has 1 saturated heterocycles. The van der Waals surface area contributed by atoms with Gasteiger partial charge in [0.2, 0.25) is 0 Å². The predicted molar refractivity (Wildman–Crippen MR) is 101 cm³/mol. The van der Waals surface area contributed by atoms with Crippen LogP contribution in [0.2, 0.25) is 10.0 Å². The van der Waals surface area contributed by atoms with Gasteiger partial charge in [-0.05, 0) is 43.5 Å². The molecule has 1 heterocycles. The number of hydrogen-bond donors (Lipinski definition) is 2. The second kappa shape index (κ2) is 7.24. The second-order valence-electron chi connectivity index (χ2n) is 6.48. The van der Waals surface area contributed by atoms with Gasteiger partial charge >= 0.3 is 6.03 Å². The number of hydrogen-bond acceptors (Lipinski definition) is 2. The number of nitrogens with one attached hydrogen (secondary N) is 1. The van der Waals surface area contributed by atoms with Gasteiger partial charge in [0, 0.05) is 28.8 Å². The van der Waals surface area contributed by atoms with Crippen molar-refractivity contribution in [2.24, 2.45) is 0 Å². The zero-order chi connectivity index (χ0) is 18.0. The Labute approximate surface area is 157 Å². The molecular formula is C19H20Cl2N2O2. The molecule has 0 spiro atoms. The summed E-state index contributed by atoms with van der Waals surface area (Å²) in [6, 6.07) is 12.6. The summed E-state index contributed by atoms with van der Waals surface area (Å²) in [6.07, 6.45) is 1.00. The van der Waals surface area contributed by atoms with E-state index in [1.54, 1.807) is 23.1 Å². The van der Waals surface area contributed by atoms with Crippen LogP contribution in [-0.2, 0) is 5.60 Å². The fourth-order valence-electron chi connectivity index (χ4n) is 3.13. The highest BCUT2D eigenvalue weighted by atomic mass is 35.5. The number of likely N-dealkylation sites (tertiary alicyclic amines) is 1. The SMILES string of the molecule is Cc1cccc(C2(O)CCN(C(=O)Nc3cc(Cl)cc(Cl)c3)CC2)c1. The first-order valence-electron chi connectivity index (χ1n) is 8.17. The average molecular weight is 379 g/mol. The van der Waals surface area contributed by atoms with Gasteiger partial charge in [-0.25, -0.2) is 4.79 Å². The van der Waals surface area contributed by atoms with Gasteiger partial charge in [0.25, 0.3) is 0 Å². The molecule has 0 bridgehead atoms. The van der Waals surface area contributed by atoms with Crippen LogP contribution in [0.15, 0.2) is 42.5 Å². The first-order chi connectivity index (χ1) is 11.9. The summed E-state index contributed by atoms with van der Waals surface area (Å²) in [4.78, 5) is 14.1. The lowest BCUT2D eigenvalue weighted by molar-refractivity contribution is -0.0157. The van der Waals surface area contributed by atoms with Crippen LogP contribution in [0.25, 0.3) is 0 Å². The Kier molecular flexibility index (Phi) is 5.23. The van der Waals surface area contributed by atoms with Crippen molar-refractivity contribution in [1.29, 1.82) is 0 Å². The van der Waals surface area contributed by atoms with E-state index in [0.717, 1.165) is 11.1 Å². The molecule has 1 fully saturated rings. The number of urea groups is 1. The number of aliphatic hydroxyl groups is 1. The summed E-state index contributed by atoms with van der Waals surface area (Å²) in [7, 11) is 0. The van der Waals surface area contributed by atoms with Gasteiger partial charge in [0.05, 0.1) is 5.60 Å². The molecule has 0 atom stereocenters. The maximum Gasteiger partial charge on any atom is 0.321 e. The molecule has 0 aliphatic carbocycles. The van der Waals surface area contributed by atoms with Gasteiger partial charge < -0.3 is 15.3 Å². The van der Waals surface area contributed by atoms with Crippen LogP contribution in [0.1, 0.15) is 24.0 Å². The molecule has 25 heavy (non-hydrogen) atoms. The number of amides is 2. The molecule has 0 aromatic heterocycles. The summed E-state index contributed by atoms with van der Waals surface area (Å²) >= 11 is 11.9. The Bertz CT molecular complexity index is 766. The summed E-state index contributed by atoms with van der Waals surface area (Å²) in [6.45, 7) is 2.96. The summed E-state index contributed by atoms with van der Waals surface area (Å²) < 4.78 is 0. The van der Waals surface area contributed by atoms with Crippen molar-refractivity contribution in [1.82, 2.24) is 4.90 Å². The van der Waals surface area contributed by atoms with E-state index in [1.807, 2.05) is 31.2 Å². The fourth-order valence-corrected chi connectivity index (χ4v) is 3.66. The van der Waals surface area contributed by atoms with Crippen LogP contribution in [0.4, 0.5) is 10.5 Å². The molecule has 0 unspecified atom stereocenters. The van der Waals surface area contributed by atoms with Crippen LogP contribution in [0.5, 0.6) is 0 Å². The van der Waals surface area contributed by atoms with E-state index in [4.69, 9.17) is 23.2 Å². The summed E-state index contributed by atoms with van der Waals surface area (Å²) in [5, 5.41) is 14.7. The highest BCUT2D eigenvalue weighted by Crippen LogP contribution is 2.33. The fraction of sp³-hybridized carbons (Fsp3) is 0.316. The van der Waals surface area contributed by atoms with Crippen LogP contribution in [0, 0.1) is 6.92 Å². The molecule has 2 aromatic carbocycles. The average Bonchev–Trinajstić information content (AvgIpc) is 2.54. The molecule has 2 amide bonds. The quantitative estimate of drug-likeness (QED) is 0.786. The minimum Gasteiger partial charge on any atom is -0.385 e.